The Labute approximate surface area is 166 Å². The van der Waals surface area contributed by atoms with Crippen LogP contribution in [0.3, 0.4) is 0 Å². The van der Waals surface area contributed by atoms with Gasteiger partial charge in [-0.2, -0.15) is 0 Å². The number of fused-ring (bicyclic) bond motifs is 1. The summed E-state index contributed by atoms with van der Waals surface area (Å²) in [5.74, 6) is -1.69. The normalized spacial score (nSPS) is 11.0. The van der Waals surface area contributed by atoms with Crippen molar-refractivity contribution >= 4 is 28.2 Å². The van der Waals surface area contributed by atoms with Crippen LogP contribution in [-0.4, -0.2) is 10.5 Å². The molecule has 4 nitrogen and oxygen atoms in total. The third kappa shape index (κ3) is 3.69. The zero-order valence-corrected chi connectivity index (χ0v) is 15.7. The van der Waals surface area contributed by atoms with E-state index in [0.29, 0.717) is 16.9 Å². The first-order valence-electron chi connectivity index (χ1n) is 9.12. The molecule has 29 heavy (non-hydrogen) atoms. The molecule has 0 spiro atoms. The molecule has 0 aliphatic carbocycles. The van der Waals surface area contributed by atoms with E-state index in [1.807, 2.05) is 25.1 Å². The van der Waals surface area contributed by atoms with Gasteiger partial charge in [-0.3, -0.25) is 4.79 Å². The van der Waals surface area contributed by atoms with Gasteiger partial charge in [0.05, 0.1) is 6.54 Å². The van der Waals surface area contributed by atoms with Crippen molar-refractivity contribution in [2.75, 3.05) is 11.1 Å². The molecule has 0 fully saturated rings. The third-order valence-corrected chi connectivity index (χ3v) is 4.81. The Bertz CT molecular complexity index is 1210. The van der Waals surface area contributed by atoms with E-state index in [4.69, 9.17) is 5.73 Å². The van der Waals surface area contributed by atoms with Crippen LogP contribution in [0.15, 0.2) is 66.7 Å². The van der Waals surface area contributed by atoms with Gasteiger partial charge in [-0.05, 0) is 61.0 Å². The number of hydrogen-bond donors (Lipinski definition) is 2. The van der Waals surface area contributed by atoms with Gasteiger partial charge in [-0.1, -0.05) is 18.2 Å². The van der Waals surface area contributed by atoms with Crippen molar-refractivity contribution in [3.8, 4) is 0 Å². The smallest absolute Gasteiger partial charge is 0.272 e. The van der Waals surface area contributed by atoms with E-state index >= 15 is 0 Å². The lowest BCUT2D eigenvalue weighted by atomic mass is 10.2. The van der Waals surface area contributed by atoms with Crippen LogP contribution in [0, 0.1) is 18.6 Å². The number of carbonyl (C=O) groups excluding carboxylic acids is 1. The highest BCUT2D eigenvalue weighted by Gasteiger charge is 2.19. The first-order chi connectivity index (χ1) is 13.9. The van der Waals surface area contributed by atoms with Crippen LogP contribution < -0.4 is 11.1 Å². The van der Waals surface area contributed by atoms with Crippen LogP contribution in [0.5, 0.6) is 0 Å². The Morgan fingerprint density at radius 2 is 1.72 bits per heavy atom. The quantitative estimate of drug-likeness (QED) is 0.475. The number of nitrogen functional groups attached to an aromatic ring is 1. The number of rotatable bonds is 4. The van der Waals surface area contributed by atoms with Gasteiger partial charge >= 0.3 is 0 Å². The molecule has 0 aliphatic rings. The Morgan fingerprint density at radius 1 is 1.00 bits per heavy atom. The van der Waals surface area contributed by atoms with Gasteiger partial charge in [0.2, 0.25) is 0 Å². The fourth-order valence-corrected chi connectivity index (χ4v) is 3.41. The van der Waals surface area contributed by atoms with E-state index in [1.165, 1.54) is 18.2 Å². The molecule has 146 valence electrons. The molecular weight excluding hydrogens is 372 g/mol. The number of carbonyl (C=O) groups is 1. The maximum Gasteiger partial charge on any atom is 0.272 e. The van der Waals surface area contributed by atoms with Crippen LogP contribution in [0.25, 0.3) is 10.9 Å². The van der Waals surface area contributed by atoms with Crippen molar-refractivity contribution in [1.29, 1.82) is 0 Å². The van der Waals surface area contributed by atoms with Crippen molar-refractivity contribution in [1.82, 2.24) is 4.57 Å². The van der Waals surface area contributed by atoms with Gasteiger partial charge in [0, 0.05) is 27.8 Å². The topological polar surface area (TPSA) is 60.1 Å². The van der Waals surface area contributed by atoms with Crippen molar-refractivity contribution in [2.45, 2.75) is 13.5 Å². The minimum atomic E-state index is -0.660. The first-order valence-corrected chi connectivity index (χ1v) is 9.12. The van der Waals surface area contributed by atoms with Crippen molar-refractivity contribution in [3.63, 3.8) is 0 Å². The van der Waals surface area contributed by atoms with Crippen LogP contribution in [-0.2, 0) is 6.54 Å². The lowest BCUT2D eigenvalue weighted by Gasteiger charge is -2.13. The SMILES string of the molecule is Cc1cccc(NC(=O)c2cc3cc(N)ccc3n2Cc2c(F)cccc2F)c1. The van der Waals surface area contributed by atoms with E-state index in [2.05, 4.69) is 5.32 Å². The minimum Gasteiger partial charge on any atom is -0.399 e. The van der Waals surface area contributed by atoms with Crippen molar-refractivity contribution in [2.24, 2.45) is 0 Å². The Morgan fingerprint density at radius 3 is 2.45 bits per heavy atom. The van der Waals surface area contributed by atoms with Gasteiger partial charge in [0.25, 0.3) is 5.91 Å². The summed E-state index contributed by atoms with van der Waals surface area (Å²) in [4.78, 5) is 13.0. The summed E-state index contributed by atoms with van der Waals surface area (Å²) in [5, 5.41) is 3.57. The maximum atomic E-state index is 14.3. The largest absolute Gasteiger partial charge is 0.399 e. The molecule has 4 rings (SSSR count). The minimum absolute atomic E-state index is 0.105. The second-order valence-electron chi connectivity index (χ2n) is 6.96. The second-order valence-corrected chi connectivity index (χ2v) is 6.96. The zero-order valence-electron chi connectivity index (χ0n) is 15.7. The fourth-order valence-electron chi connectivity index (χ4n) is 3.41. The summed E-state index contributed by atoms with van der Waals surface area (Å²) in [7, 11) is 0. The Balaban J connectivity index is 1.80. The Hall–Kier alpha value is -3.67. The van der Waals surface area contributed by atoms with E-state index in [1.54, 1.807) is 34.9 Å². The number of nitrogens with zero attached hydrogens (tertiary/aromatic N) is 1. The monoisotopic (exact) mass is 391 g/mol. The fraction of sp³-hybridized carbons (Fsp3) is 0.0870. The highest BCUT2D eigenvalue weighted by atomic mass is 19.1. The number of benzene rings is 3. The molecule has 1 amide bonds. The van der Waals surface area contributed by atoms with Gasteiger partial charge in [-0.25, -0.2) is 8.78 Å². The highest BCUT2D eigenvalue weighted by molar-refractivity contribution is 6.06. The summed E-state index contributed by atoms with van der Waals surface area (Å²) in [6.45, 7) is 1.80. The van der Waals surface area contributed by atoms with Crippen LogP contribution in [0.2, 0.25) is 0 Å². The van der Waals surface area contributed by atoms with E-state index in [0.717, 1.165) is 10.9 Å². The molecule has 0 unspecified atom stereocenters. The molecule has 0 bridgehead atoms. The number of nitrogens with two attached hydrogens (primary N) is 1. The number of aryl methyl sites for hydroxylation is 1. The molecule has 6 heteroatoms. The van der Waals surface area contributed by atoms with Crippen molar-refractivity contribution in [3.05, 3.63) is 95.2 Å². The van der Waals surface area contributed by atoms with Gasteiger partial charge in [0.15, 0.2) is 0 Å². The lowest BCUT2D eigenvalue weighted by Crippen LogP contribution is -2.18. The molecule has 0 saturated carbocycles. The van der Waals surface area contributed by atoms with Crippen LogP contribution >= 0.6 is 0 Å². The molecule has 3 aromatic carbocycles. The molecule has 1 aromatic heterocycles. The molecule has 4 aromatic rings. The number of aromatic nitrogens is 1. The molecule has 0 saturated heterocycles. The number of amides is 1. The summed E-state index contributed by atoms with van der Waals surface area (Å²) in [6.07, 6.45) is 0. The maximum absolute atomic E-state index is 14.3. The van der Waals surface area contributed by atoms with Crippen molar-refractivity contribution < 1.29 is 13.6 Å². The zero-order chi connectivity index (χ0) is 20.5. The third-order valence-electron chi connectivity index (χ3n) is 4.81. The standard InChI is InChI=1S/C23H19F2N3O/c1-14-4-2-5-17(10-14)27-23(29)22-12-15-11-16(26)8-9-21(15)28(22)13-18-19(24)6-3-7-20(18)25/h2-12H,13,26H2,1H3,(H,27,29). The molecule has 0 radical (unpaired) electrons. The van der Waals surface area contributed by atoms with E-state index in [-0.39, 0.29) is 23.7 Å². The lowest BCUT2D eigenvalue weighted by molar-refractivity contribution is 0.101. The number of anilines is 2. The van der Waals surface area contributed by atoms with E-state index in [9.17, 15) is 13.6 Å². The molecule has 0 aliphatic heterocycles. The summed E-state index contributed by atoms with van der Waals surface area (Å²) >= 11 is 0. The highest BCUT2D eigenvalue weighted by Crippen LogP contribution is 2.26. The number of hydrogen-bond acceptors (Lipinski definition) is 2. The second kappa shape index (κ2) is 7.39. The average Bonchev–Trinajstić information content (AvgIpc) is 3.02. The summed E-state index contributed by atoms with van der Waals surface area (Å²) in [6, 6.07) is 18.0. The molecule has 0 atom stereocenters. The van der Waals surface area contributed by atoms with E-state index < -0.39 is 11.6 Å². The number of nitrogens with one attached hydrogen (secondary N) is 1. The predicted octanol–water partition coefficient (Wildman–Crippen LogP) is 5.11. The first kappa shape index (κ1) is 18.7. The van der Waals surface area contributed by atoms with Gasteiger partial charge in [0.1, 0.15) is 17.3 Å². The number of halogens is 2. The summed E-state index contributed by atoms with van der Waals surface area (Å²) in [5.41, 5.74) is 8.90. The van der Waals surface area contributed by atoms with Gasteiger partial charge < -0.3 is 15.6 Å². The average molecular weight is 391 g/mol. The molecule has 1 heterocycles. The summed E-state index contributed by atoms with van der Waals surface area (Å²) < 4.78 is 30.1. The van der Waals surface area contributed by atoms with Crippen LogP contribution in [0.1, 0.15) is 21.6 Å². The molecular formula is C23H19F2N3O. The Kier molecular flexibility index (Phi) is 4.76. The molecule has 3 N–H and O–H groups in total. The predicted molar refractivity (Wildman–Crippen MR) is 111 cm³/mol. The van der Waals surface area contributed by atoms with Crippen LogP contribution in [0.4, 0.5) is 20.2 Å². The van der Waals surface area contributed by atoms with Gasteiger partial charge in [-0.15, -0.1) is 0 Å².